The van der Waals surface area contributed by atoms with E-state index < -0.39 is 107 Å². The number of ketones is 2. The molecule has 1 aromatic carbocycles. The highest BCUT2D eigenvalue weighted by Gasteiger charge is 2.57. The Kier molecular flexibility index (Phi) is 16.2. The number of amides is 2. The SMILES string of the molecule is CC[C@H]1OC(=O)[C@H](C)C(=O)[C@H](C)[C@@H](O[C@@H]2O[C@H](C)C[C@H](N(C)CCC3CN(C[C@H]4CN(c5ccc(N6CCOCC6)c(F)c5)C(=O)O4)N=N3)[C@H]2O)[C@](C)(OC)C[C@@H](C)C(=O)[C@@H](C)[C@H]2NC(=O)O[C@@]21C. The first-order chi connectivity index (χ1) is 32.7. The zero-order chi connectivity index (χ0) is 50.1. The van der Waals surface area contributed by atoms with Gasteiger partial charge in [0.2, 0.25) is 0 Å². The molecular formula is C48H72FN7O13. The number of methoxy groups -OCH3 is 1. The van der Waals surface area contributed by atoms with Gasteiger partial charge in [0, 0.05) is 50.5 Å². The highest BCUT2D eigenvalue weighted by Crippen LogP contribution is 2.40. The lowest BCUT2D eigenvalue weighted by molar-refractivity contribution is -0.296. The van der Waals surface area contributed by atoms with Gasteiger partial charge in [-0.15, -0.1) is 0 Å². The molecule has 0 radical (unpaired) electrons. The normalized spacial score (nSPS) is 38.2. The smallest absolute Gasteiger partial charge is 0.414 e. The number of hydrogen-bond acceptors (Lipinski definition) is 18. The number of likely N-dealkylation sites (N-methyl/N-ethyl adjacent to an activating group) is 1. The second kappa shape index (κ2) is 21.4. The number of hydrogen-bond donors (Lipinski definition) is 2. The summed E-state index contributed by atoms with van der Waals surface area (Å²) in [6.07, 6.45) is -5.29. The highest BCUT2D eigenvalue weighted by molar-refractivity contribution is 6.00. The van der Waals surface area contributed by atoms with Gasteiger partial charge in [-0.3, -0.25) is 24.3 Å². The van der Waals surface area contributed by atoms with E-state index in [1.165, 1.54) is 25.0 Å². The van der Waals surface area contributed by atoms with Crippen molar-refractivity contribution in [3.05, 3.63) is 24.0 Å². The number of carbonyl (C=O) groups excluding carboxylic acids is 5. The fourth-order valence-corrected chi connectivity index (χ4v) is 11.1. The number of aliphatic hydroxyl groups excluding tert-OH is 1. The van der Waals surface area contributed by atoms with Crippen LogP contribution in [0.15, 0.2) is 28.5 Å². The number of benzene rings is 1. The number of alkyl carbamates (subject to hydrolysis) is 1. The van der Waals surface area contributed by atoms with Crippen molar-refractivity contribution >= 4 is 41.1 Å². The highest BCUT2D eigenvalue weighted by atomic mass is 19.1. The van der Waals surface area contributed by atoms with Crippen LogP contribution >= 0.6 is 0 Å². The Bertz CT molecular complexity index is 2080. The topological polar surface area (TPSA) is 220 Å². The molecule has 15 atom stereocenters. The maximum atomic E-state index is 15.2. The zero-order valence-electron chi connectivity index (χ0n) is 41.6. The molecule has 2 amide bonds. The number of ether oxygens (including phenoxy) is 7. The Morgan fingerprint density at radius 1 is 1.00 bits per heavy atom. The standard InChI is InChI=1S/C48H72FN7O13/c1-11-37-48(8)41(50-45(61)69-48)28(4)38(57)26(2)22-47(7,63-10)42(29(5)39(58)30(6)43(60)67-37)68-44-40(59)36(20-27(3)65-44)53(9)15-14-31-23-55(52-51-31)24-33-25-56(46(62)66-33)32-12-13-35(34(49)21-32)54-16-18-64-19-17-54/h12-13,21,26-31,33,36-37,40-42,44,59H,11,14-20,22-25H2,1-10H3,(H,50,61)/t26-,27-,28-,29+,30-,31?,33+,36+,37-,40-,41-,42-,44+,47-,48-/m1/s1. The molecule has 0 aliphatic carbocycles. The molecule has 1 aromatic rings. The maximum absolute atomic E-state index is 15.2. The lowest BCUT2D eigenvalue weighted by Crippen LogP contribution is -2.60. The van der Waals surface area contributed by atoms with Crippen molar-refractivity contribution in [2.24, 2.45) is 34.0 Å². The van der Waals surface area contributed by atoms with Crippen LogP contribution < -0.4 is 15.1 Å². The number of aliphatic hydroxyl groups is 1. The summed E-state index contributed by atoms with van der Waals surface area (Å²) in [4.78, 5) is 73.4. The van der Waals surface area contributed by atoms with Gasteiger partial charge in [0.15, 0.2) is 17.7 Å². The number of anilines is 2. The molecule has 5 saturated heterocycles. The number of halogens is 1. The molecule has 5 fully saturated rings. The van der Waals surface area contributed by atoms with Crippen molar-refractivity contribution in [3.63, 3.8) is 0 Å². The molecule has 7 rings (SSSR count). The number of nitrogens with zero attached hydrogens (tertiary/aromatic N) is 6. The molecule has 0 aromatic heterocycles. The van der Waals surface area contributed by atoms with Crippen LogP contribution in [-0.2, 0) is 47.5 Å². The van der Waals surface area contributed by atoms with Gasteiger partial charge in [0.25, 0.3) is 0 Å². The molecule has 6 heterocycles. The molecule has 384 valence electrons. The monoisotopic (exact) mass is 974 g/mol. The summed E-state index contributed by atoms with van der Waals surface area (Å²) in [5, 5.41) is 25.4. The summed E-state index contributed by atoms with van der Waals surface area (Å²) in [5.74, 6) is -5.64. The third-order valence-electron chi connectivity index (χ3n) is 15.3. The van der Waals surface area contributed by atoms with Gasteiger partial charge < -0.3 is 53.4 Å². The van der Waals surface area contributed by atoms with Crippen molar-refractivity contribution in [1.29, 1.82) is 0 Å². The van der Waals surface area contributed by atoms with Gasteiger partial charge in [-0.2, -0.15) is 5.11 Å². The Balaban J connectivity index is 0.980. The predicted molar refractivity (Wildman–Crippen MR) is 247 cm³/mol. The first kappa shape index (κ1) is 52.3. The molecule has 21 heteroatoms. The van der Waals surface area contributed by atoms with E-state index in [0.29, 0.717) is 70.2 Å². The average Bonchev–Trinajstić information content (AvgIpc) is 4.03. The fourth-order valence-electron chi connectivity index (χ4n) is 11.1. The number of Topliss-reactive ketones (excluding diaryl/α,β-unsaturated/α-hetero) is 2. The van der Waals surface area contributed by atoms with E-state index in [1.807, 2.05) is 23.8 Å². The molecule has 20 nitrogen and oxygen atoms in total. The van der Waals surface area contributed by atoms with E-state index in [9.17, 15) is 29.1 Å². The molecule has 1 unspecified atom stereocenters. The van der Waals surface area contributed by atoms with Gasteiger partial charge in [-0.05, 0) is 78.6 Å². The van der Waals surface area contributed by atoms with E-state index in [0.717, 1.165) is 0 Å². The molecule has 0 bridgehead atoms. The molecule has 0 saturated carbocycles. The Labute approximate surface area is 403 Å². The zero-order valence-corrected chi connectivity index (χ0v) is 41.6. The van der Waals surface area contributed by atoms with Crippen molar-refractivity contribution in [2.45, 2.75) is 147 Å². The lowest BCUT2D eigenvalue weighted by Gasteiger charge is -2.47. The summed E-state index contributed by atoms with van der Waals surface area (Å²) in [6, 6.07) is 3.31. The predicted octanol–water partition coefficient (Wildman–Crippen LogP) is 4.29. The van der Waals surface area contributed by atoms with Crippen molar-refractivity contribution < 1.29 is 66.6 Å². The Hall–Kier alpha value is -4.54. The van der Waals surface area contributed by atoms with Crippen molar-refractivity contribution in [2.75, 3.05) is 76.4 Å². The number of morpholine rings is 1. The second-order valence-corrected chi connectivity index (χ2v) is 20.3. The van der Waals surface area contributed by atoms with Gasteiger partial charge in [0.1, 0.15) is 35.8 Å². The van der Waals surface area contributed by atoms with E-state index >= 15 is 4.39 Å². The number of fused-ring (bicyclic) bond motifs is 1. The lowest BCUT2D eigenvalue weighted by atomic mass is 9.73. The minimum atomic E-state index is -1.39. The van der Waals surface area contributed by atoms with Crippen LogP contribution in [0.2, 0.25) is 0 Å². The number of cyclic esters (lactones) is 2. The van der Waals surface area contributed by atoms with Crippen molar-refractivity contribution in [1.82, 2.24) is 15.2 Å². The minimum Gasteiger partial charge on any atom is -0.458 e. The summed E-state index contributed by atoms with van der Waals surface area (Å²) in [6.45, 7) is 17.4. The Morgan fingerprint density at radius 2 is 1.72 bits per heavy atom. The fraction of sp³-hybridized carbons (Fsp3) is 0.771. The Morgan fingerprint density at radius 3 is 2.41 bits per heavy atom. The molecule has 69 heavy (non-hydrogen) atoms. The van der Waals surface area contributed by atoms with E-state index in [-0.39, 0.29) is 37.3 Å². The summed E-state index contributed by atoms with van der Waals surface area (Å²) < 4.78 is 57.1. The van der Waals surface area contributed by atoms with Crippen LogP contribution in [0, 0.1) is 29.5 Å². The maximum Gasteiger partial charge on any atom is 0.414 e. The third-order valence-corrected chi connectivity index (χ3v) is 15.3. The number of rotatable bonds is 12. The average molecular weight is 974 g/mol. The van der Waals surface area contributed by atoms with Gasteiger partial charge in [0.05, 0.1) is 74.1 Å². The molecule has 0 spiro atoms. The van der Waals surface area contributed by atoms with Gasteiger partial charge in [-0.1, -0.05) is 32.9 Å². The number of esters is 1. The van der Waals surface area contributed by atoms with E-state index in [4.69, 9.17) is 33.2 Å². The van der Waals surface area contributed by atoms with Crippen LogP contribution in [0.25, 0.3) is 0 Å². The first-order valence-corrected chi connectivity index (χ1v) is 24.5. The van der Waals surface area contributed by atoms with Crippen LogP contribution in [0.3, 0.4) is 0 Å². The summed E-state index contributed by atoms with van der Waals surface area (Å²) in [7, 11) is 3.36. The number of nitrogens with one attached hydrogen (secondary N) is 1. The largest absolute Gasteiger partial charge is 0.458 e. The first-order valence-electron chi connectivity index (χ1n) is 24.5. The number of carbonyl (C=O) groups is 5. The van der Waals surface area contributed by atoms with Crippen LogP contribution in [0.4, 0.5) is 25.4 Å². The second-order valence-electron chi connectivity index (χ2n) is 20.3. The molecule has 2 N–H and O–H groups in total. The molecule has 6 aliphatic heterocycles. The molecule has 6 aliphatic rings. The van der Waals surface area contributed by atoms with Gasteiger partial charge in [-0.25, -0.2) is 14.0 Å². The van der Waals surface area contributed by atoms with Crippen LogP contribution in [-0.4, -0.2) is 178 Å². The minimum absolute atomic E-state index is 0.0861. The molecular weight excluding hydrogens is 902 g/mol. The third kappa shape index (κ3) is 11.0. The van der Waals surface area contributed by atoms with Crippen LogP contribution in [0.1, 0.15) is 81.1 Å². The summed E-state index contributed by atoms with van der Waals surface area (Å²) >= 11 is 0. The van der Waals surface area contributed by atoms with E-state index in [1.54, 1.807) is 58.7 Å². The van der Waals surface area contributed by atoms with Gasteiger partial charge >= 0.3 is 18.2 Å². The van der Waals surface area contributed by atoms with E-state index in [2.05, 4.69) is 15.7 Å². The van der Waals surface area contributed by atoms with Crippen LogP contribution in [0.5, 0.6) is 0 Å². The quantitative estimate of drug-likeness (QED) is 0.170. The summed E-state index contributed by atoms with van der Waals surface area (Å²) in [5.41, 5.74) is -1.83. The van der Waals surface area contributed by atoms with Crippen molar-refractivity contribution in [3.8, 4) is 0 Å².